The zero-order valence-electron chi connectivity index (χ0n) is 20.1. The highest BCUT2D eigenvalue weighted by Crippen LogP contribution is 2.24. The van der Waals surface area contributed by atoms with Gasteiger partial charge in [0.05, 0.1) is 30.8 Å². The molecule has 3 N–H and O–H groups in total. The zero-order chi connectivity index (χ0) is 24.9. The molecule has 0 unspecified atom stereocenters. The first-order valence-electron chi connectivity index (χ1n) is 12.0. The molecule has 8 nitrogen and oxygen atoms in total. The Balaban J connectivity index is 1.36. The third-order valence-corrected chi connectivity index (χ3v) is 6.03. The number of imidazole rings is 1. The lowest BCUT2D eigenvalue weighted by Gasteiger charge is -2.15. The van der Waals surface area contributed by atoms with Crippen LogP contribution in [0.5, 0.6) is 5.75 Å². The van der Waals surface area contributed by atoms with Gasteiger partial charge in [-0.05, 0) is 66.1 Å². The fraction of sp³-hybridized carbons (Fsp3) is 0.250. The quantitative estimate of drug-likeness (QED) is 0.413. The molecule has 2 amide bonds. The standard InChI is InChI=1S/C28H28N4O4/c1-18-5-7-23-24(13-18)32-26(31-23)17-30-28(34)21-6-8-25-22(16-21)15-19-3-2-4-20(14-19)27(33)29-9-10-35-11-12-36-25/h2-8,13-14,16H,9-12,15,17H2,1H3,(H,29,33)(H,30,34)(H,31,32). The van der Waals surface area contributed by atoms with Gasteiger partial charge in [-0.25, -0.2) is 4.98 Å². The van der Waals surface area contributed by atoms with Gasteiger partial charge < -0.3 is 25.1 Å². The first-order chi connectivity index (χ1) is 17.5. The number of H-pyrrole nitrogens is 1. The van der Waals surface area contributed by atoms with E-state index in [4.69, 9.17) is 9.47 Å². The fourth-order valence-electron chi connectivity index (χ4n) is 4.22. The highest BCUT2D eigenvalue weighted by atomic mass is 16.5. The number of nitrogens with zero attached hydrogens (tertiary/aromatic N) is 1. The molecular formula is C28H28N4O4. The number of rotatable bonds is 3. The summed E-state index contributed by atoms with van der Waals surface area (Å²) in [6.45, 7) is 3.93. The average molecular weight is 485 g/mol. The van der Waals surface area contributed by atoms with Crippen LogP contribution in [0.2, 0.25) is 0 Å². The summed E-state index contributed by atoms with van der Waals surface area (Å²) in [5, 5.41) is 5.81. The van der Waals surface area contributed by atoms with E-state index >= 15 is 0 Å². The van der Waals surface area contributed by atoms with E-state index in [9.17, 15) is 9.59 Å². The molecular weight excluding hydrogens is 456 g/mol. The zero-order valence-corrected chi connectivity index (χ0v) is 20.1. The molecule has 1 aromatic heterocycles. The molecule has 0 radical (unpaired) electrons. The van der Waals surface area contributed by atoms with Gasteiger partial charge in [-0.2, -0.15) is 0 Å². The van der Waals surface area contributed by atoms with Gasteiger partial charge >= 0.3 is 0 Å². The van der Waals surface area contributed by atoms with Crippen LogP contribution in [0.3, 0.4) is 0 Å². The third kappa shape index (κ3) is 5.55. The first kappa shape index (κ1) is 23.6. The van der Waals surface area contributed by atoms with Crippen molar-refractivity contribution in [2.45, 2.75) is 19.9 Å². The molecule has 8 heteroatoms. The van der Waals surface area contributed by atoms with Gasteiger partial charge in [-0.3, -0.25) is 9.59 Å². The van der Waals surface area contributed by atoms with Crippen LogP contribution in [-0.2, 0) is 17.7 Å². The van der Waals surface area contributed by atoms with Crippen LogP contribution >= 0.6 is 0 Å². The van der Waals surface area contributed by atoms with Crippen LogP contribution in [0.1, 0.15) is 43.2 Å². The van der Waals surface area contributed by atoms with Crippen molar-refractivity contribution >= 4 is 22.8 Å². The van der Waals surface area contributed by atoms with Crippen molar-refractivity contribution in [2.24, 2.45) is 0 Å². The molecule has 2 bridgehead atoms. The van der Waals surface area contributed by atoms with E-state index in [1.54, 1.807) is 12.1 Å². The molecule has 0 fully saturated rings. The molecule has 5 rings (SSSR count). The number of benzene rings is 3. The third-order valence-electron chi connectivity index (χ3n) is 6.03. The molecule has 4 aromatic rings. The molecule has 3 aromatic carbocycles. The van der Waals surface area contributed by atoms with Crippen LogP contribution in [0.25, 0.3) is 11.0 Å². The highest BCUT2D eigenvalue weighted by Gasteiger charge is 2.14. The number of aromatic amines is 1. The predicted octanol–water partition coefficient (Wildman–Crippen LogP) is 3.53. The number of hydrogen-bond donors (Lipinski definition) is 3. The second kappa shape index (κ2) is 10.6. The van der Waals surface area contributed by atoms with Crippen molar-refractivity contribution in [1.29, 1.82) is 0 Å². The normalized spacial score (nSPS) is 14.3. The van der Waals surface area contributed by atoms with Crippen molar-refractivity contribution < 1.29 is 19.1 Å². The second-order valence-electron chi connectivity index (χ2n) is 8.80. The van der Waals surface area contributed by atoms with Gasteiger partial charge in [0.1, 0.15) is 18.2 Å². The summed E-state index contributed by atoms with van der Waals surface area (Å²) in [5.74, 6) is 1.04. The van der Waals surface area contributed by atoms with Gasteiger partial charge in [-0.1, -0.05) is 18.2 Å². The Labute approximate surface area is 209 Å². The van der Waals surface area contributed by atoms with E-state index in [-0.39, 0.29) is 18.4 Å². The van der Waals surface area contributed by atoms with E-state index in [0.29, 0.717) is 55.5 Å². The number of hydrogen-bond acceptors (Lipinski definition) is 5. The van der Waals surface area contributed by atoms with Crippen LogP contribution in [0.15, 0.2) is 60.7 Å². The smallest absolute Gasteiger partial charge is 0.251 e. The Hall–Kier alpha value is -4.17. The van der Waals surface area contributed by atoms with E-state index in [0.717, 1.165) is 27.7 Å². The summed E-state index contributed by atoms with van der Waals surface area (Å²) in [7, 11) is 0. The predicted molar refractivity (Wildman–Crippen MR) is 136 cm³/mol. The van der Waals surface area contributed by atoms with Gasteiger partial charge in [0.15, 0.2) is 0 Å². The maximum absolute atomic E-state index is 13.0. The second-order valence-corrected chi connectivity index (χ2v) is 8.80. The monoisotopic (exact) mass is 484 g/mol. The number of fused-ring (bicyclic) bond motifs is 4. The molecule has 0 spiro atoms. The molecule has 0 saturated carbocycles. The lowest BCUT2D eigenvalue weighted by Crippen LogP contribution is -2.28. The molecule has 0 saturated heterocycles. The largest absolute Gasteiger partial charge is 0.491 e. The van der Waals surface area contributed by atoms with Gasteiger partial charge in [0.25, 0.3) is 11.8 Å². The van der Waals surface area contributed by atoms with E-state index in [2.05, 4.69) is 20.6 Å². The minimum atomic E-state index is -0.203. The maximum atomic E-state index is 13.0. The summed E-state index contributed by atoms with van der Waals surface area (Å²) < 4.78 is 11.5. The Kier molecular flexibility index (Phi) is 6.95. The van der Waals surface area contributed by atoms with Crippen molar-refractivity contribution in [1.82, 2.24) is 20.6 Å². The number of carbonyl (C=O) groups excluding carboxylic acids is 2. The Morgan fingerprint density at radius 2 is 1.97 bits per heavy atom. The van der Waals surface area contributed by atoms with Crippen molar-refractivity contribution in [3.8, 4) is 5.75 Å². The molecule has 0 atom stereocenters. The van der Waals surface area contributed by atoms with Gasteiger partial charge in [0.2, 0.25) is 0 Å². The molecule has 2 heterocycles. The summed E-state index contributed by atoms with van der Waals surface area (Å²) in [5.41, 5.74) is 5.88. The summed E-state index contributed by atoms with van der Waals surface area (Å²) in [6.07, 6.45) is 0.515. The number of amides is 2. The summed E-state index contributed by atoms with van der Waals surface area (Å²) >= 11 is 0. The van der Waals surface area contributed by atoms with Crippen molar-refractivity contribution in [3.63, 3.8) is 0 Å². The van der Waals surface area contributed by atoms with Crippen LogP contribution in [0.4, 0.5) is 0 Å². The van der Waals surface area contributed by atoms with Crippen LogP contribution < -0.4 is 15.4 Å². The minimum Gasteiger partial charge on any atom is -0.491 e. The average Bonchev–Trinajstić information content (AvgIpc) is 3.29. The topological polar surface area (TPSA) is 105 Å². The number of aryl methyl sites for hydroxylation is 1. The van der Waals surface area contributed by atoms with Crippen molar-refractivity contribution in [2.75, 3.05) is 26.4 Å². The first-order valence-corrected chi connectivity index (χ1v) is 12.0. The lowest BCUT2D eigenvalue weighted by atomic mass is 9.99. The number of carbonyl (C=O) groups is 2. The number of nitrogens with one attached hydrogen (secondary N) is 3. The van der Waals surface area contributed by atoms with Gasteiger partial charge in [0, 0.05) is 24.1 Å². The van der Waals surface area contributed by atoms with Crippen LogP contribution in [-0.4, -0.2) is 48.1 Å². The van der Waals surface area contributed by atoms with E-state index in [1.807, 2.05) is 55.5 Å². The Bertz CT molecular complexity index is 1410. The van der Waals surface area contributed by atoms with Gasteiger partial charge in [-0.15, -0.1) is 0 Å². The molecule has 1 aliphatic heterocycles. The maximum Gasteiger partial charge on any atom is 0.251 e. The van der Waals surface area contributed by atoms with E-state index in [1.165, 1.54) is 0 Å². The molecule has 0 aliphatic carbocycles. The Morgan fingerprint density at radius 3 is 2.89 bits per heavy atom. The molecule has 1 aliphatic rings. The minimum absolute atomic E-state index is 0.136. The molecule has 36 heavy (non-hydrogen) atoms. The van der Waals surface area contributed by atoms with Crippen LogP contribution in [0, 0.1) is 6.92 Å². The Morgan fingerprint density at radius 1 is 1.06 bits per heavy atom. The SMILES string of the molecule is Cc1ccc2nc(CNC(=O)c3ccc4c(c3)Cc3cccc(c3)C(=O)NCCOCCO4)[nH]c2c1. The summed E-state index contributed by atoms with van der Waals surface area (Å²) in [6, 6.07) is 18.9. The highest BCUT2D eigenvalue weighted by molar-refractivity contribution is 5.95. The lowest BCUT2D eigenvalue weighted by molar-refractivity contribution is 0.0865. The van der Waals surface area contributed by atoms with Crippen molar-refractivity contribution in [3.05, 3.63) is 94.3 Å². The molecule has 184 valence electrons. The summed E-state index contributed by atoms with van der Waals surface area (Å²) in [4.78, 5) is 33.2. The van der Waals surface area contributed by atoms with E-state index < -0.39 is 0 Å². The number of ether oxygens (including phenoxy) is 2. The number of aromatic nitrogens is 2. The fourth-order valence-corrected chi connectivity index (χ4v) is 4.22.